The van der Waals surface area contributed by atoms with Crippen LogP contribution in [-0.4, -0.2) is 38.3 Å². The lowest BCUT2D eigenvalue weighted by Crippen LogP contribution is -2.43. The van der Waals surface area contributed by atoms with E-state index in [9.17, 15) is 0 Å². The number of rotatable bonds is 3. The van der Waals surface area contributed by atoms with Crippen molar-refractivity contribution in [1.29, 1.82) is 0 Å². The molecule has 0 spiro atoms. The summed E-state index contributed by atoms with van der Waals surface area (Å²) in [6.07, 6.45) is 0. The predicted molar refractivity (Wildman–Crippen MR) is 91.1 cm³/mol. The number of anilines is 1. The highest BCUT2D eigenvalue weighted by molar-refractivity contribution is 5.89. The third kappa shape index (κ3) is 2.64. The summed E-state index contributed by atoms with van der Waals surface area (Å²) in [5, 5.41) is 3.38. The predicted octanol–water partition coefficient (Wildman–Crippen LogP) is 2.91. The van der Waals surface area contributed by atoms with Crippen molar-refractivity contribution in [2.75, 3.05) is 38.2 Å². The average Bonchev–Trinajstić information content (AvgIpc) is 3.06. The van der Waals surface area contributed by atoms with Gasteiger partial charge in [-0.2, -0.15) is 0 Å². The Morgan fingerprint density at radius 3 is 2.61 bits per heavy atom. The van der Waals surface area contributed by atoms with Crippen molar-refractivity contribution < 1.29 is 9.15 Å². The first-order chi connectivity index (χ1) is 11.3. The molecule has 0 saturated carbocycles. The van der Waals surface area contributed by atoms with Crippen molar-refractivity contribution in [1.82, 2.24) is 10.3 Å². The normalized spacial score (nSPS) is 15.1. The summed E-state index contributed by atoms with van der Waals surface area (Å²) in [7, 11) is 1.66. The Morgan fingerprint density at radius 2 is 1.87 bits per heavy atom. The van der Waals surface area contributed by atoms with E-state index in [1.807, 2.05) is 36.4 Å². The lowest BCUT2D eigenvalue weighted by atomic mass is 10.2. The van der Waals surface area contributed by atoms with Crippen molar-refractivity contribution in [2.45, 2.75) is 0 Å². The Labute approximate surface area is 134 Å². The molecule has 1 N–H and O–H groups in total. The highest BCUT2D eigenvalue weighted by Crippen LogP contribution is 2.31. The lowest BCUT2D eigenvalue weighted by Gasteiger charge is -2.29. The fourth-order valence-electron chi connectivity index (χ4n) is 2.95. The molecule has 0 unspecified atom stereocenters. The maximum atomic E-state index is 5.96. The minimum atomic E-state index is 0.644. The summed E-state index contributed by atoms with van der Waals surface area (Å²) in [6.45, 7) is 3.98. The first kappa shape index (κ1) is 14.1. The number of aromatic nitrogens is 1. The van der Waals surface area contributed by atoms with Gasteiger partial charge in [-0.1, -0.05) is 6.07 Å². The molecule has 0 amide bonds. The number of hydrogen-bond acceptors (Lipinski definition) is 5. The number of para-hydroxylation sites is 1. The quantitative estimate of drug-likeness (QED) is 0.806. The maximum Gasteiger partial charge on any atom is 0.227 e. The molecule has 1 fully saturated rings. The van der Waals surface area contributed by atoms with Crippen LogP contribution in [0.2, 0.25) is 0 Å². The van der Waals surface area contributed by atoms with Gasteiger partial charge < -0.3 is 19.4 Å². The van der Waals surface area contributed by atoms with Crippen LogP contribution in [0.3, 0.4) is 0 Å². The zero-order chi connectivity index (χ0) is 15.6. The van der Waals surface area contributed by atoms with E-state index in [-0.39, 0.29) is 0 Å². The standard InChI is InChI=1S/C18H19N3O2/c1-22-14-7-5-13(6-8-14)18-20-17-15(3-2-4-16(17)23-18)21-11-9-19-10-12-21/h2-8,19H,9-12H2,1H3. The topological polar surface area (TPSA) is 50.5 Å². The van der Waals surface area contributed by atoms with Crippen molar-refractivity contribution in [3.05, 3.63) is 42.5 Å². The van der Waals surface area contributed by atoms with E-state index < -0.39 is 0 Å². The van der Waals surface area contributed by atoms with Gasteiger partial charge in [0.25, 0.3) is 0 Å². The second-order valence-electron chi connectivity index (χ2n) is 5.61. The first-order valence-corrected chi connectivity index (χ1v) is 7.85. The van der Waals surface area contributed by atoms with E-state index >= 15 is 0 Å². The van der Waals surface area contributed by atoms with Crippen LogP contribution in [0.1, 0.15) is 0 Å². The van der Waals surface area contributed by atoms with Crippen molar-refractivity contribution in [2.24, 2.45) is 0 Å². The summed E-state index contributed by atoms with van der Waals surface area (Å²) < 4.78 is 11.2. The van der Waals surface area contributed by atoms with Gasteiger partial charge in [0.05, 0.1) is 12.8 Å². The molecular formula is C18H19N3O2. The van der Waals surface area contributed by atoms with E-state index in [2.05, 4.69) is 16.3 Å². The first-order valence-electron chi connectivity index (χ1n) is 7.85. The third-order valence-electron chi connectivity index (χ3n) is 4.19. The molecule has 118 valence electrons. The van der Waals surface area contributed by atoms with Crippen LogP contribution in [0, 0.1) is 0 Å². The molecule has 2 heterocycles. The fraction of sp³-hybridized carbons (Fsp3) is 0.278. The molecule has 1 aliphatic heterocycles. The summed E-state index contributed by atoms with van der Waals surface area (Å²) in [5.74, 6) is 1.47. The highest BCUT2D eigenvalue weighted by Gasteiger charge is 2.17. The summed E-state index contributed by atoms with van der Waals surface area (Å²) in [4.78, 5) is 7.10. The van der Waals surface area contributed by atoms with Gasteiger partial charge >= 0.3 is 0 Å². The van der Waals surface area contributed by atoms with Gasteiger partial charge in [0, 0.05) is 31.7 Å². The summed E-state index contributed by atoms with van der Waals surface area (Å²) in [5.41, 5.74) is 3.85. The molecule has 1 saturated heterocycles. The number of piperazine rings is 1. The monoisotopic (exact) mass is 309 g/mol. The van der Waals surface area contributed by atoms with E-state index in [0.29, 0.717) is 5.89 Å². The molecule has 0 bridgehead atoms. The number of fused-ring (bicyclic) bond motifs is 1. The molecule has 0 radical (unpaired) electrons. The maximum absolute atomic E-state index is 5.96. The molecule has 4 rings (SSSR count). The Balaban J connectivity index is 1.74. The number of ether oxygens (including phenoxy) is 1. The van der Waals surface area contributed by atoms with Gasteiger partial charge in [-0.15, -0.1) is 0 Å². The molecule has 0 atom stereocenters. The Bertz CT molecular complexity index is 805. The second kappa shape index (κ2) is 5.93. The van der Waals surface area contributed by atoms with Gasteiger partial charge in [0.2, 0.25) is 5.89 Å². The number of nitrogens with one attached hydrogen (secondary N) is 1. The molecule has 3 aromatic rings. The van der Waals surface area contributed by atoms with Gasteiger partial charge in [-0.05, 0) is 36.4 Å². The van der Waals surface area contributed by atoms with E-state index in [1.54, 1.807) is 7.11 Å². The summed E-state index contributed by atoms with van der Waals surface area (Å²) >= 11 is 0. The SMILES string of the molecule is COc1ccc(-c2nc3c(N4CCNCC4)cccc3o2)cc1. The molecule has 5 nitrogen and oxygen atoms in total. The van der Waals surface area contributed by atoms with Gasteiger partial charge in [0.1, 0.15) is 11.3 Å². The number of nitrogens with zero attached hydrogens (tertiary/aromatic N) is 2. The lowest BCUT2D eigenvalue weighted by molar-refractivity contribution is 0.415. The summed E-state index contributed by atoms with van der Waals surface area (Å²) in [6, 6.07) is 13.9. The van der Waals surface area contributed by atoms with E-state index in [1.165, 1.54) is 0 Å². The van der Waals surface area contributed by atoms with Crippen molar-refractivity contribution in [3.63, 3.8) is 0 Å². The van der Waals surface area contributed by atoms with E-state index in [4.69, 9.17) is 14.1 Å². The smallest absolute Gasteiger partial charge is 0.227 e. The molecule has 0 aliphatic carbocycles. The number of methoxy groups -OCH3 is 1. The number of oxazole rings is 1. The second-order valence-corrected chi connectivity index (χ2v) is 5.61. The molecule has 1 aliphatic rings. The largest absolute Gasteiger partial charge is 0.497 e. The van der Waals surface area contributed by atoms with Gasteiger partial charge in [-0.25, -0.2) is 4.98 Å². The zero-order valence-electron chi connectivity index (χ0n) is 13.1. The van der Waals surface area contributed by atoms with Crippen LogP contribution in [0.15, 0.2) is 46.9 Å². The van der Waals surface area contributed by atoms with Crippen LogP contribution in [0.4, 0.5) is 5.69 Å². The van der Waals surface area contributed by atoms with Crippen LogP contribution < -0.4 is 15.0 Å². The van der Waals surface area contributed by atoms with Crippen LogP contribution in [0.25, 0.3) is 22.6 Å². The molecule has 2 aromatic carbocycles. The molecule has 23 heavy (non-hydrogen) atoms. The highest BCUT2D eigenvalue weighted by atomic mass is 16.5. The Kier molecular flexibility index (Phi) is 3.63. The van der Waals surface area contributed by atoms with Crippen molar-refractivity contribution in [3.8, 4) is 17.2 Å². The van der Waals surface area contributed by atoms with E-state index in [0.717, 1.165) is 54.3 Å². The van der Waals surface area contributed by atoms with Crippen molar-refractivity contribution >= 4 is 16.8 Å². The Morgan fingerprint density at radius 1 is 1.09 bits per heavy atom. The average molecular weight is 309 g/mol. The molecule has 1 aromatic heterocycles. The zero-order valence-corrected chi connectivity index (χ0v) is 13.1. The van der Waals surface area contributed by atoms with Gasteiger partial charge in [-0.3, -0.25) is 0 Å². The van der Waals surface area contributed by atoms with Gasteiger partial charge in [0.15, 0.2) is 5.58 Å². The van der Waals surface area contributed by atoms with Crippen LogP contribution >= 0.6 is 0 Å². The molecule has 5 heteroatoms. The van der Waals surface area contributed by atoms with Crippen LogP contribution in [-0.2, 0) is 0 Å². The Hall–Kier alpha value is -2.53. The molecular weight excluding hydrogens is 290 g/mol. The third-order valence-corrected chi connectivity index (χ3v) is 4.19. The minimum Gasteiger partial charge on any atom is -0.497 e. The number of benzene rings is 2. The minimum absolute atomic E-state index is 0.644. The fourth-order valence-corrected chi connectivity index (χ4v) is 2.95. The van der Waals surface area contributed by atoms with Crippen LogP contribution in [0.5, 0.6) is 5.75 Å². The number of hydrogen-bond donors (Lipinski definition) is 1.